The molecule has 5 heteroatoms. The predicted molar refractivity (Wildman–Crippen MR) is 64.3 cm³/mol. The van der Waals surface area contributed by atoms with Gasteiger partial charge in [-0.05, 0) is 19.9 Å². The van der Waals surface area contributed by atoms with E-state index in [1.807, 2.05) is 38.1 Å². The van der Waals surface area contributed by atoms with Crippen LogP contribution in [0.3, 0.4) is 0 Å². The Labute approximate surface area is 101 Å². The Hall–Kier alpha value is -1.59. The van der Waals surface area contributed by atoms with Gasteiger partial charge in [0.2, 0.25) is 5.91 Å². The summed E-state index contributed by atoms with van der Waals surface area (Å²) in [5.41, 5.74) is 8.69. The fraction of sp³-hybridized carbons (Fsp3) is 0.417. The van der Waals surface area contributed by atoms with Crippen LogP contribution in [0.2, 0.25) is 0 Å². The summed E-state index contributed by atoms with van der Waals surface area (Å²) in [5, 5.41) is 0. The molecule has 0 aliphatic rings. The number of amides is 1. The van der Waals surface area contributed by atoms with E-state index in [-0.39, 0.29) is 12.6 Å². The molecule has 1 rings (SSSR count). The van der Waals surface area contributed by atoms with Gasteiger partial charge >= 0.3 is 0 Å². The van der Waals surface area contributed by atoms with E-state index in [0.29, 0.717) is 6.61 Å². The number of nitrogens with one attached hydrogen (secondary N) is 1. The Kier molecular flexibility index (Phi) is 5.45. The molecule has 1 aromatic rings. The lowest BCUT2D eigenvalue weighted by Crippen LogP contribution is -2.26. The van der Waals surface area contributed by atoms with Gasteiger partial charge in [-0.1, -0.05) is 18.2 Å². The Balaban J connectivity index is 2.60. The maximum absolute atomic E-state index is 10.5. The van der Waals surface area contributed by atoms with Gasteiger partial charge in [-0.25, -0.2) is 0 Å². The minimum absolute atomic E-state index is 0.0860. The van der Waals surface area contributed by atoms with Crippen LogP contribution in [0.25, 0.3) is 0 Å². The standard InChI is InChI=1S/C12H18N2O3/c1-3-16-11-7-5-4-6-10(11)9(2)14-17-8-12(13)15/h4-7,9,14H,3,8H2,1-2H3,(H2,13,15). The fourth-order valence-corrected chi connectivity index (χ4v) is 1.43. The largest absolute Gasteiger partial charge is 0.494 e. The average molecular weight is 238 g/mol. The summed E-state index contributed by atoms with van der Waals surface area (Å²) in [5.74, 6) is 0.292. The van der Waals surface area contributed by atoms with Gasteiger partial charge in [0.05, 0.1) is 12.6 Å². The highest BCUT2D eigenvalue weighted by Crippen LogP contribution is 2.24. The van der Waals surface area contributed by atoms with Crippen LogP contribution in [0.5, 0.6) is 5.75 Å². The monoisotopic (exact) mass is 238 g/mol. The predicted octanol–water partition coefficient (Wildman–Crippen LogP) is 1.15. The smallest absolute Gasteiger partial charge is 0.245 e. The van der Waals surface area contributed by atoms with Crippen LogP contribution < -0.4 is 16.0 Å². The van der Waals surface area contributed by atoms with E-state index in [1.165, 1.54) is 0 Å². The van der Waals surface area contributed by atoms with Crippen molar-refractivity contribution in [3.05, 3.63) is 29.8 Å². The first-order chi connectivity index (χ1) is 8.15. The highest BCUT2D eigenvalue weighted by Gasteiger charge is 2.11. The van der Waals surface area contributed by atoms with E-state index in [4.69, 9.17) is 15.3 Å². The van der Waals surface area contributed by atoms with Crippen LogP contribution in [0.4, 0.5) is 0 Å². The quantitative estimate of drug-likeness (QED) is 0.699. The summed E-state index contributed by atoms with van der Waals surface area (Å²) in [7, 11) is 0. The first-order valence-corrected chi connectivity index (χ1v) is 5.52. The molecule has 1 aromatic carbocycles. The van der Waals surface area contributed by atoms with Gasteiger partial charge in [0.25, 0.3) is 0 Å². The minimum Gasteiger partial charge on any atom is -0.494 e. The second kappa shape index (κ2) is 6.88. The van der Waals surface area contributed by atoms with E-state index in [1.54, 1.807) is 0 Å². The average Bonchev–Trinajstić information content (AvgIpc) is 2.29. The van der Waals surface area contributed by atoms with Crippen LogP contribution in [0.1, 0.15) is 25.5 Å². The van der Waals surface area contributed by atoms with E-state index in [0.717, 1.165) is 11.3 Å². The lowest BCUT2D eigenvalue weighted by atomic mass is 10.1. The third-order valence-corrected chi connectivity index (χ3v) is 2.16. The lowest BCUT2D eigenvalue weighted by molar-refractivity contribution is -0.126. The van der Waals surface area contributed by atoms with Crippen LogP contribution in [0, 0.1) is 0 Å². The summed E-state index contributed by atoms with van der Waals surface area (Å²) >= 11 is 0. The van der Waals surface area contributed by atoms with Gasteiger partial charge in [-0.3, -0.25) is 9.63 Å². The molecule has 94 valence electrons. The number of benzene rings is 1. The molecule has 17 heavy (non-hydrogen) atoms. The van der Waals surface area contributed by atoms with Crippen LogP contribution in [-0.4, -0.2) is 19.1 Å². The molecule has 0 aromatic heterocycles. The molecular formula is C12H18N2O3. The van der Waals surface area contributed by atoms with Gasteiger partial charge < -0.3 is 10.5 Å². The van der Waals surface area contributed by atoms with Crippen molar-refractivity contribution >= 4 is 5.91 Å². The number of para-hydroxylation sites is 1. The number of carbonyl (C=O) groups excluding carboxylic acids is 1. The van der Waals surface area contributed by atoms with Crippen molar-refractivity contribution in [3.63, 3.8) is 0 Å². The molecule has 0 radical (unpaired) electrons. The molecule has 0 spiro atoms. The number of nitrogens with two attached hydrogens (primary N) is 1. The number of carbonyl (C=O) groups is 1. The van der Waals surface area contributed by atoms with Crippen molar-refractivity contribution in [2.45, 2.75) is 19.9 Å². The molecule has 0 bridgehead atoms. The van der Waals surface area contributed by atoms with Gasteiger partial charge in [0, 0.05) is 5.56 Å². The number of primary amides is 1. The normalized spacial score (nSPS) is 12.1. The van der Waals surface area contributed by atoms with Gasteiger partial charge in [0.1, 0.15) is 12.4 Å². The number of rotatable bonds is 7. The van der Waals surface area contributed by atoms with Gasteiger partial charge in [-0.2, -0.15) is 5.48 Å². The fourth-order valence-electron chi connectivity index (χ4n) is 1.43. The van der Waals surface area contributed by atoms with Crippen LogP contribution in [0.15, 0.2) is 24.3 Å². The van der Waals surface area contributed by atoms with E-state index in [9.17, 15) is 4.79 Å². The molecule has 0 aliphatic heterocycles. The second-order valence-electron chi connectivity index (χ2n) is 3.57. The van der Waals surface area contributed by atoms with Crippen molar-refractivity contribution in [2.75, 3.05) is 13.2 Å². The summed E-state index contributed by atoms with van der Waals surface area (Å²) in [6, 6.07) is 7.58. The van der Waals surface area contributed by atoms with Crippen molar-refractivity contribution in [1.82, 2.24) is 5.48 Å². The van der Waals surface area contributed by atoms with Crippen molar-refractivity contribution in [3.8, 4) is 5.75 Å². The topological polar surface area (TPSA) is 73.6 Å². The zero-order valence-corrected chi connectivity index (χ0v) is 10.1. The molecule has 1 unspecified atom stereocenters. The number of hydrogen-bond donors (Lipinski definition) is 2. The molecule has 1 atom stereocenters. The summed E-state index contributed by atoms with van der Waals surface area (Å²) < 4.78 is 5.50. The third kappa shape index (κ3) is 4.42. The zero-order chi connectivity index (χ0) is 12.7. The molecule has 0 saturated carbocycles. The number of ether oxygens (including phenoxy) is 1. The Morgan fingerprint density at radius 2 is 2.18 bits per heavy atom. The minimum atomic E-state index is -0.511. The molecule has 0 heterocycles. The maximum atomic E-state index is 10.5. The van der Waals surface area contributed by atoms with Crippen molar-refractivity contribution < 1.29 is 14.4 Å². The van der Waals surface area contributed by atoms with Crippen LogP contribution >= 0.6 is 0 Å². The third-order valence-electron chi connectivity index (χ3n) is 2.16. The van der Waals surface area contributed by atoms with Crippen molar-refractivity contribution in [2.24, 2.45) is 5.73 Å². The number of hydroxylamine groups is 1. The number of hydrogen-bond acceptors (Lipinski definition) is 4. The molecule has 3 N–H and O–H groups in total. The molecular weight excluding hydrogens is 220 g/mol. The van der Waals surface area contributed by atoms with E-state index >= 15 is 0 Å². The molecule has 0 aliphatic carbocycles. The van der Waals surface area contributed by atoms with Gasteiger partial charge in [-0.15, -0.1) is 0 Å². The highest BCUT2D eigenvalue weighted by molar-refractivity contribution is 5.74. The molecule has 1 amide bonds. The van der Waals surface area contributed by atoms with Crippen LogP contribution in [-0.2, 0) is 9.63 Å². The zero-order valence-electron chi connectivity index (χ0n) is 10.1. The maximum Gasteiger partial charge on any atom is 0.245 e. The SMILES string of the molecule is CCOc1ccccc1C(C)NOCC(N)=O. The summed E-state index contributed by atoms with van der Waals surface area (Å²) in [4.78, 5) is 15.5. The van der Waals surface area contributed by atoms with Gasteiger partial charge in [0.15, 0.2) is 0 Å². The summed E-state index contributed by atoms with van der Waals surface area (Å²) in [6.07, 6.45) is 0. The summed E-state index contributed by atoms with van der Waals surface area (Å²) in [6.45, 7) is 4.30. The highest BCUT2D eigenvalue weighted by atomic mass is 16.6. The Bertz CT molecular complexity index is 369. The first-order valence-electron chi connectivity index (χ1n) is 5.52. The molecule has 0 saturated heterocycles. The molecule has 5 nitrogen and oxygen atoms in total. The lowest BCUT2D eigenvalue weighted by Gasteiger charge is -2.17. The second-order valence-corrected chi connectivity index (χ2v) is 3.57. The van der Waals surface area contributed by atoms with Crippen molar-refractivity contribution in [1.29, 1.82) is 0 Å². The Morgan fingerprint density at radius 1 is 1.47 bits per heavy atom. The van der Waals surface area contributed by atoms with E-state index < -0.39 is 5.91 Å². The first kappa shape index (κ1) is 13.5. The Morgan fingerprint density at radius 3 is 2.82 bits per heavy atom. The molecule has 0 fully saturated rings. The van der Waals surface area contributed by atoms with E-state index in [2.05, 4.69) is 5.48 Å².